The van der Waals surface area contributed by atoms with Gasteiger partial charge in [-0.2, -0.15) is 0 Å². The molecule has 132 valence electrons. The number of rotatable bonds is 5. The molecule has 0 saturated heterocycles. The van der Waals surface area contributed by atoms with E-state index in [9.17, 15) is 4.79 Å². The molecule has 3 nitrogen and oxygen atoms in total. The molecule has 0 heterocycles. The summed E-state index contributed by atoms with van der Waals surface area (Å²) in [5, 5.41) is 2.13. The molecule has 0 aliphatic heterocycles. The van der Waals surface area contributed by atoms with E-state index in [0.29, 0.717) is 5.75 Å². The van der Waals surface area contributed by atoms with E-state index in [-0.39, 0.29) is 11.9 Å². The van der Waals surface area contributed by atoms with Crippen molar-refractivity contribution in [3.63, 3.8) is 0 Å². The first kappa shape index (κ1) is 18.1. The number of hydrogen-bond acceptors (Lipinski definition) is 4. The molecule has 0 aliphatic rings. The van der Waals surface area contributed by atoms with Crippen molar-refractivity contribution in [2.45, 2.75) is 19.8 Å². The second-order valence-corrected chi connectivity index (χ2v) is 6.81. The van der Waals surface area contributed by atoms with Gasteiger partial charge in [-0.25, -0.2) is 0 Å². The molecule has 0 fully saturated rings. The smallest absolute Gasteiger partial charge is 0.318 e. The van der Waals surface area contributed by atoms with Crippen LogP contribution in [0.4, 0.5) is 0 Å². The number of methoxy groups -OCH3 is 1. The molecule has 1 atom stereocenters. The Labute approximate surface area is 158 Å². The first-order valence-corrected chi connectivity index (χ1v) is 8.79. The highest BCUT2D eigenvalue weighted by atomic mass is 32.1. The topological polar surface area (TPSA) is 35.5 Å². The van der Waals surface area contributed by atoms with Crippen LogP contribution in [0.2, 0.25) is 0 Å². The third-order valence-corrected chi connectivity index (χ3v) is 4.64. The van der Waals surface area contributed by atoms with Crippen LogP contribution in [-0.4, -0.2) is 17.9 Å². The van der Waals surface area contributed by atoms with Crippen LogP contribution in [0.5, 0.6) is 11.5 Å². The van der Waals surface area contributed by atoms with E-state index in [4.69, 9.17) is 21.7 Å². The highest BCUT2D eigenvalue weighted by molar-refractivity contribution is 7.80. The van der Waals surface area contributed by atoms with Gasteiger partial charge in [-0.3, -0.25) is 4.79 Å². The van der Waals surface area contributed by atoms with Crippen LogP contribution in [0, 0.1) is 0 Å². The minimum Gasteiger partial charge on any atom is -0.497 e. The monoisotopic (exact) mass is 364 g/mol. The maximum Gasteiger partial charge on any atom is 0.318 e. The van der Waals surface area contributed by atoms with Gasteiger partial charge in [0.25, 0.3) is 0 Å². The van der Waals surface area contributed by atoms with Crippen LogP contribution in [0.3, 0.4) is 0 Å². The van der Waals surface area contributed by atoms with E-state index in [1.165, 1.54) is 0 Å². The van der Waals surface area contributed by atoms with Gasteiger partial charge in [0.15, 0.2) is 0 Å². The van der Waals surface area contributed by atoms with Crippen LogP contribution < -0.4 is 9.47 Å². The average Bonchev–Trinajstić information content (AvgIpc) is 2.66. The van der Waals surface area contributed by atoms with Gasteiger partial charge in [0.1, 0.15) is 11.5 Å². The molecule has 3 aromatic carbocycles. The van der Waals surface area contributed by atoms with Crippen molar-refractivity contribution in [2.24, 2.45) is 0 Å². The number of carbonyl (C=O) groups excluding carboxylic acids is 1. The van der Waals surface area contributed by atoms with Gasteiger partial charge >= 0.3 is 5.97 Å². The highest BCUT2D eigenvalue weighted by Gasteiger charge is 2.18. The molecule has 0 aromatic heterocycles. The van der Waals surface area contributed by atoms with Gasteiger partial charge in [-0.1, -0.05) is 48.6 Å². The Kier molecular flexibility index (Phi) is 5.33. The van der Waals surface area contributed by atoms with Gasteiger partial charge in [-0.15, -0.1) is 0 Å². The predicted molar refractivity (Wildman–Crippen MR) is 108 cm³/mol. The zero-order valence-electron chi connectivity index (χ0n) is 15.0. The first-order chi connectivity index (χ1) is 12.5. The molecule has 3 aromatic rings. The summed E-state index contributed by atoms with van der Waals surface area (Å²) >= 11 is 5.14. The molecular formula is C22H20O3S. The number of benzene rings is 3. The van der Waals surface area contributed by atoms with Gasteiger partial charge in [0.05, 0.1) is 13.0 Å². The van der Waals surface area contributed by atoms with Crippen molar-refractivity contribution >= 4 is 33.8 Å². The van der Waals surface area contributed by atoms with Crippen molar-refractivity contribution in [1.29, 1.82) is 0 Å². The van der Waals surface area contributed by atoms with Crippen molar-refractivity contribution in [3.05, 3.63) is 71.8 Å². The third kappa shape index (κ3) is 3.92. The van der Waals surface area contributed by atoms with Crippen LogP contribution in [0.15, 0.2) is 60.7 Å². The summed E-state index contributed by atoms with van der Waals surface area (Å²) in [6.45, 7) is 3.72. The van der Waals surface area contributed by atoms with Crippen molar-refractivity contribution < 1.29 is 14.3 Å². The lowest BCUT2D eigenvalue weighted by Crippen LogP contribution is -2.16. The Morgan fingerprint density at radius 2 is 1.54 bits per heavy atom. The number of esters is 1. The van der Waals surface area contributed by atoms with Gasteiger partial charge in [0, 0.05) is 4.86 Å². The lowest BCUT2D eigenvalue weighted by atomic mass is 9.98. The molecule has 0 radical (unpaired) electrons. The first-order valence-electron chi connectivity index (χ1n) is 8.38. The van der Waals surface area contributed by atoms with Crippen LogP contribution in [-0.2, 0) is 4.79 Å². The van der Waals surface area contributed by atoms with Gasteiger partial charge < -0.3 is 9.47 Å². The van der Waals surface area contributed by atoms with Crippen molar-refractivity contribution in [2.75, 3.05) is 7.11 Å². The minimum atomic E-state index is -0.367. The van der Waals surface area contributed by atoms with Crippen LogP contribution in [0.25, 0.3) is 10.8 Å². The molecule has 4 heteroatoms. The Bertz CT molecular complexity index is 961. The average molecular weight is 364 g/mol. The quantitative estimate of drug-likeness (QED) is 0.266. The second-order valence-electron chi connectivity index (χ2n) is 6.20. The molecule has 26 heavy (non-hydrogen) atoms. The molecule has 0 N–H and O–H groups in total. The molecule has 3 rings (SSSR count). The minimum absolute atomic E-state index is 0.287. The number of ether oxygens (including phenoxy) is 2. The van der Waals surface area contributed by atoms with Crippen molar-refractivity contribution in [3.8, 4) is 11.5 Å². The Morgan fingerprint density at radius 1 is 0.923 bits per heavy atom. The normalized spacial score (nSPS) is 11.8. The maximum atomic E-state index is 12.5. The van der Waals surface area contributed by atoms with E-state index in [1.54, 1.807) is 19.2 Å². The summed E-state index contributed by atoms with van der Waals surface area (Å²) in [6.07, 6.45) is 0. The molecular weight excluding hydrogens is 344 g/mol. The molecule has 0 bridgehead atoms. The molecule has 0 spiro atoms. The second kappa shape index (κ2) is 7.67. The molecule has 0 saturated carbocycles. The van der Waals surface area contributed by atoms with E-state index in [1.807, 2.05) is 62.4 Å². The Morgan fingerprint density at radius 3 is 2.19 bits per heavy atom. The lowest BCUT2D eigenvalue weighted by molar-refractivity contribution is -0.135. The third-order valence-electron chi connectivity index (χ3n) is 4.40. The number of fused-ring (bicyclic) bond motifs is 1. The van der Waals surface area contributed by atoms with Gasteiger partial charge in [-0.05, 0) is 60.0 Å². The number of hydrogen-bond donors (Lipinski definition) is 0. The van der Waals surface area contributed by atoms with Crippen LogP contribution in [0.1, 0.15) is 30.9 Å². The van der Waals surface area contributed by atoms with E-state index >= 15 is 0 Å². The summed E-state index contributed by atoms with van der Waals surface area (Å²) in [4.78, 5) is 13.3. The van der Waals surface area contributed by atoms with E-state index in [2.05, 4.69) is 0 Å². The fraction of sp³-hybridized carbons (Fsp3) is 0.182. The summed E-state index contributed by atoms with van der Waals surface area (Å²) < 4.78 is 10.8. The maximum absolute atomic E-state index is 12.5. The molecule has 1 unspecified atom stereocenters. The predicted octanol–water partition coefficient (Wildman–Crippen LogP) is 5.30. The van der Waals surface area contributed by atoms with E-state index < -0.39 is 0 Å². The lowest BCUT2D eigenvalue weighted by Gasteiger charge is -2.13. The standard InChI is InChI=1S/C22H20O3S/c1-14(22(23)25-20-9-6-16(7-10-20)15(2)26)17-4-5-19-13-21(24-3)11-8-18(19)12-17/h4-14H,1-3H3. The Hall–Kier alpha value is -2.72. The summed E-state index contributed by atoms with van der Waals surface area (Å²) in [7, 11) is 1.65. The summed E-state index contributed by atoms with van der Waals surface area (Å²) in [6, 6.07) is 19.1. The number of carbonyl (C=O) groups is 1. The molecule has 0 amide bonds. The van der Waals surface area contributed by atoms with Crippen molar-refractivity contribution in [1.82, 2.24) is 0 Å². The summed E-state index contributed by atoms with van der Waals surface area (Å²) in [5.74, 6) is 0.679. The Balaban J connectivity index is 1.77. The van der Waals surface area contributed by atoms with Gasteiger partial charge in [0.2, 0.25) is 0 Å². The highest BCUT2D eigenvalue weighted by Crippen LogP contribution is 2.26. The van der Waals surface area contributed by atoms with E-state index in [0.717, 1.165) is 32.5 Å². The fourth-order valence-corrected chi connectivity index (χ4v) is 2.87. The largest absolute Gasteiger partial charge is 0.497 e. The fourth-order valence-electron chi connectivity index (χ4n) is 2.74. The summed E-state index contributed by atoms with van der Waals surface area (Å²) in [5.41, 5.74) is 1.87. The molecule has 0 aliphatic carbocycles. The zero-order valence-corrected chi connectivity index (χ0v) is 15.8. The van der Waals surface area contributed by atoms with Crippen LogP contribution >= 0.6 is 12.2 Å². The SMILES string of the molecule is COc1ccc2cc(C(C)C(=O)Oc3ccc(C(C)=S)cc3)ccc2c1. The number of thiocarbonyl (C=S) groups is 1. The zero-order chi connectivity index (χ0) is 18.7.